The molecule has 6 aromatic rings. The second kappa shape index (κ2) is 31.5. The van der Waals surface area contributed by atoms with Crippen LogP contribution < -0.4 is 60.5 Å². The van der Waals surface area contributed by atoms with E-state index in [1.54, 1.807) is 9.80 Å². The number of unbranched alkanes of at least 4 members (excludes halogenated alkanes) is 2. The second-order valence-electron chi connectivity index (χ2n) is 26.8. The SMILES string of the molecule is CCCCCNc1nc(N2CCN(C(=O)OCc3ccccc3)CC2)nc(N2CCN(c3nc(NCC(C)C)nc(N4CCN(c5nc(NC6CCCCC6)nc(N6CCN(c7nc(Nc8ccccc8)nc(N8CCN(C(=O)OC(C)(C)C)CC8)n7)CC6)n5)CC4)n3)CC2)n1. The molecule has 1 saturated carbocycles. The molecule has 514 valence electrons. The molecule has 12 rings (SSSR count). The molecular formula is C66H96N26O4. The molecule has 2 aromatic carbocycles. The number of ether oxygens (including phenoxy) is 2. The Labute approximate surface area is 563 Å². The van der Waals surface area contributed by atoms with Crippen LogP contribution in [0.4, 0.5) is 86.7 Å². The molecule has 96 heavy (non-hydrogen) atoms. The van der Waals surface area contributed by atoms with Gasteiger partial charge in [-0.25, -0.2) is 9.59 Å². The van der Waals surface area contributed by atoms with Crippen LogP contribution in [0.25, 0.3) is 0 Å². The summed E-state index contributed by atoms with van der Waals surface area (Å²) < 4.78 is 11.3. The van der Waals surface area contributed by atoms with Crippen LogP contribution in [0.15, 0.2) is 60.7 Å². The van der Waals surface area contributed by atoms with E-state index in [-0.39, 0.29) is 18.8 Å². The number of benzene rings is 2. The third kappa shape index (κ3) is 17.9. The van der Waals surface area contributed by atoms with Gasteiger partial charge >= 0.3 is 12.2 Å². The molecule has 6 aliphatic rings. The summed E-state index contributed by atoms with van der Waals surface area (Å²) in [5.74, 6) is 7.39. The first-order valence-corrected chi connectivity index (χ1v) is 34.7. The lowest BCUT2D eigenvalue weighted by Gasteiger charge is -2.38. The highest BCUT2D eigenvalue weighted by Crippen LogP contribution is 2.29. The first-order chi connectivity index (χ1) is 46.7. The lowest BCUT2D eigenvalue weighted by atomic mass is 9.96. The highest BCUT2D eigenvalue weighted by atomic mass is 16.6. The quantitative estimate of drug-likeness (QED) is 0.0494. The fourth-order valence-corrected chi connectivity index (χ4v) is 12.4. The Morgan fingerprint density at radius 3 is 1.24 bits per heavy atom. The summed E-state index contributed by atoms with van der Waals surface area (Å²) in [4.78, 5) is 108. The Kier molecular flexibility index (Phi) is 21.8. The second-order valence-corrected chi connectivity index (χ2v) is 26.8. The van der Waals surface area contributed by atoms with Gasteiger partial charge in [0.15, 0.2) is 0 Å². The van der Waals surface area contributed by atoms with Crippen molar-refractivity contribution in [3.05, 3.63) is 66.2 Å². The van der Waals surface area contributed by atoms with Gasteiger partial charge in [-0.2, -0.15) is 59.8 Å². The zero-order chi connectivity index (χ0) is 66.4. The Morgan fingerprint density at radius 2 is 0.833 bits per heavy atom. The van der Waals surface area contributed by atoms with Gasteiger partial charge in [-0.3, -0.25) is 0 Å². The van der Waals surface area contributed by atoms with Crippen molar-refractivity contribution in [1.29, 1.82) is 0 Å². The van der Waals surface area contributed by atoms with Crippen LogP contribution in [-0.4, -0.2) is 237 Å². The Hall–Kier alpha value is -9.38. The van der Waals surface area contributed by atoms with Crippen molar-refractivity contribution in [3.63, 3.8) is 0 Å². The summed E-state index contributed by atoms with van der Waals surface area (Å²) in [7, 11) is 0. The van der Waals surface area contributed by atoms with Crippen LogP contribution in [0.5, 0.6) is 0 Å². The van der Waals surface area contributed by atoms with Crippen molar-refractivity contribution in [1.82, 2.24) is 69.6 Å². The molecule has 0 atom stereocenters. The fraction of sp³-hybridized carbons (Fsp3) is 0.606. The molecule has 0 bridgehead atoms. The van der Waals surface area contributed by atoms with Crippen LogP contribution in [0, 0.1) is 5.92 Å². The summed E-state index contributed by atoms with van der Waals surface area (Å²) >= 11 is 0. The number of carbonyl (C=O) groups excluding carboxylic acids is 2. The van der Waals surface area contributed by atoms with E-state index in [4.69, 9.17) is 69.3 Å². The largest absolute Gasteiger partial charge is 0.445 e. The van der Waals surface area contributed by atoms with Gasteiger partial charge in [0.05, 0.1) is 0 Å². The van der Waals surface area contributed by atoms with E-state index in [2.05, 4.69) is 81.2 Å². The third-order valence-corrected chi connectivity index (χ3v) is 17.9. The minimum Gasteiger partial charge on any atom is -0.445 e. The monoisotopic (exact) mass is 1320 g/mol. The maximum Gasteiger partial charge on any atom is 0.410 e. The Morgan fingerprint density at radius 1 is 0.458 bits per heavy atom. The van der Waals surface area contributed by atoms with Crippen LogP contribution in [0.3, 0.4) is 0 Å². The molecule has 5 aliphatic heterocycles. The normalized spacial score (nSPS) is 17.7. The molecule has 0 spiro atoms. The van der Waals surface area contributed by atoms with Crippen molar-refractivity contribution in [2.45, 2.75) is 111 Å². The number of nitrogens with zero attached hydrogens (tertiary/aromatic N) is 22. The van der Waals surface area contributed by atoms with Gasteiger partial charge in [0.2, 0.25) is 71.4 Å². The average molecular weight is 1320 g/mol. The summed E-state index contributed by atoms with van der Waals surface area (Å²) in [5.41, 5.74) is 1.25. The van der Waals surface area contributed by atoms with Gasteiger partial charge in [0.25, 0.3) is 0 Å². The topological polar surface area (TPSA) is 288 Å². The first-order valence-electron chi connectivity index (χ1n) is 34.7. The van der Waals surface area contributed by atoms with Gasteiger partial charge < -0.3 is 79.7 Å². The molecule has 9 heterocycles. The van der Waals surface area contributed by atoms with Gasteiger partial charge in [0, 0.05) is 156 Å². The van der Waals surface area contributed by atoms with Crippen molar-refractivity contribution in [3.8, 4) is 0 Å². The summed E-state index contributed by atoms with van der Waals surface area (Å²) in [5, 5.41) is 14.1. The summed E-state index contributed by atoms with van der Waals surface area (Å²) in [6.45, 7) is 25.8. The van der Waals surface area contributed by atoms with E-state index >= 15 is 0 Å². The van der Waals surface area contributed by atoms with Gasteiger partial charge in [0.1, 0.15) is 12.2 Å². The molecule has 5 saturated heterocycles. The molecule has 1 aliphatic carbocycles. The zero-order valence-electron chi connectivity index (χ0n) is 56.8. The fourth-order valence-electron chi connectivity index (χ4n) is 12.4. The predicted octanol–water partition coefficient (Wildman–Crippen LogP) is 7.08. The number of hydrogen-bond donors (Lipinski definition) is 4. The van der Waals surface area contributed by atoms with Crippen LogP contribution in [0.1, 0.15) is 98.5 Å². The van der Waals surface area contributed by atoms with Crippen molar-refractivity contribution in [2.24, 2.45) is 5.92 Å². The number of anilines is 13. The number of nitrogens with one attached hydrogen (secondary N) is 4. The third-order valence-electron chi connectivity index (χ3n) is 17.9. The van der Waals surface area contributed by atoms with E-state index in [0.29, 0.717) is 221 Å². The number of rotatable bonds is 22. The van der Waals surface area contributed by atoms with E-state index in [9.17, 15) is 9.59 Å². The molecule has 4 aromatic heterocycles. The number of para-hydroxylation sites is 1. The maximum atomic E-state index is 13.1. The van der Waals surface area contributed by atoms with Gasteiger partial charge in [-0.1, -0.05) is 101 Å². The first kappa shape index (κ1) is 66.6. The lowest BCUT2D eigenvalue weighted by molar-refractivity contribution is 0.0240. The molecule has 4 N–H and O–H groups in total. The molecule has 6 fully saturated rings. The van der Waals surface area contributed by atoms with Crippen molar-refractivity contribution < 1.29 is 19.1 Å². The van der Waals surface area contributed by atoms with Crippen LogP contribution >= 0.6 is 0 Å². The van der Waals surface area contributed by atoms with E-state index in [1.807, 2.05) is 81.4 Å². The molecular weight excluding hydrogens is 1220 g/mol. The Bertz CT molecular complexity index is 3470. The number of hydrogen-bond acceptors (Lipinski definition) is 28. The number of piperazine rings is 5. The minimum absolute atomic E-state index is 0.235. The summed E-state index contributed by atoms with van der Waals surface area (Å²) in [6, 6.07) is 19.9. The number of aromatic nitrogens is 12. The average Bonchev–Trinajstić information content (AvgIpc) is 0.844. The van der Waals surface area contributed by atoms with Crippen LogP contribution in [0.2, 0.25) is 0 Å². The van der Waals surface area contributed by atoms with Crippen LogP contribution in [-0.2, 0) is 16.1 Å². The number of amides is 2. The molecule has 30 nitrogen and oxygen atoms in total. The van der Waals surface area contributed by atoms with Gasteiger partial charge in [-0.15, -0.1) is 0 Å². The smallest absolute Gasteiger partial charge is 0.410 e. The molecule has 0 radical (unpaired) electrons. The van der Waals surface area contributed by atoms with Crippen molar-refractivity contribution in [2.75, 3.05) is 204 Å². The molecule has 2 amide bonds. The highest BCUT2D eigenvalue weighted by molar-refractivity contribution is 5.69. The summed E-state index contributed by atoms with van der Waals surface area (Å²) in [6.07, 6.45) is 8.36. The lowest BCUT2D eigenvalue weighted by Crippen LogP contribution is -2.51. The minimum atomic E-state index is -0.577. The number of carbonyl (C=O) groups is 2. The van der Waals surface area contributed by atoms with E-state index in [0.717, 1.165) is 49.9 Å². The maximum absolute atomic E-state index is 13.1. The standard InChI is InChI=1S/C66H96N26O4/c1-7-8-18-25-67-52-71-56(79-57(72-52)89-38-42-91(43-39-89)64(93)95-47-49-19-12-9-13-20-49)83-26-28-84(29-27-83)58-73-53(68-46-48(2)3)74-59(80-58)85-30-32-86(33-31-85)60-75-54(69-50-21-14-10-15-22-50)76-61(81-60)87-34-36-88(37-35-87)62-77-55(70-51-23-16-11-17-24-51)78-63(82-62)90-40-44-92(45-41-90)65(94)96-66(4,5)6/h9,11-13,16-17,19-20,23-24,48,50H,7-8,10,14-15,18,21-22,25-47H2,1-6H3,(H,67,71,72,79)(H,68,73,74,80)(H,69,75,76,81)(H,70,77,78,82). The van der Waals surface area contributed by atoms with E-state index in [1.165, 1.54) is 19.3 Å². The zero-order valence-corrected chi connectivity index (χ0v) is 56.8. The molecule has 0 unspecified atom stereocenters. The predicted molar refractivity (Wildman–Crippen MR) is 375 cm³/mol. The van der Waals surface area contributed by atoms with Gasteiger partial charge in [-0.05, 0) is 63.6 Å². The molecule has 30 heteroatoms. The Balaban J connectivity index is 0.707. The van der Waals surface area contributed by atoms with Crippen molar-refractivity contribution >= 4 is 89.3 Å². The van der Waals surface area contributed by atoms with E-state index < -0.39 is 5.60 Å². The highest BCUT2D eigenvalue weighted by Gasteiger charge is 2.33.